The van der Waals surface area contributed by atoms with Crippen molar-refractivity contribution in [3.05, 3.63) is 77.7 Å². The van der Waals surface area contributed by atoms with Crippen molar-refractivity contribution in [3.8, 4) is 5.88 Å². The van der Waals surface area contributed by atoms with Crippen LogP contribution in [0.5, 0.6) is 5.88 Å². The Morgan fingerprint density at radius 1 is 1.09 bits per heavy atom. The van der Waals surface area contributed by atoms with Crippen molar-refractivity contribution in [2.45, 2.75) is 32.7 Å². The molecule has 0 fully saturated rings. The Kier molecular flexibility index (Phi) is 10.4. The van der Waals surface area contributed by atoms with Crippen molar-refractivity contribution in [2.24, 2.45) is 4.99 Å². The van der Waals surface area contributed by atoms with Gasteiger partial charge < -0.3 is 15.4 Å². The number of pyridine rings is 1. The minimum absolute atomic E-state index is 0. The molecule has 0 aliphatic rings. The molecular weight excluding hydrogens is 548 g/mol. The third kappa shape index (κ3) is 9.28. The lowest BCUT2D eigenvalue weighted by molar-refractivity contribution is -0.154. The highest BCUT2D eigenvalue weighted by Crippen LogP contribution is 2.18. The quantitative estimate of drug-likeness (QED) is 0.228. The molecule has 0 bridgehead atoms. The highest BCUT2D eigenvalue weighted by molar-refractivity contribution is 14.0. The normalized spacial score (nSPS) is 11.6. The number of hydrogen-bond acceptors (Lipinski definition) is 4. The predicted molar refractivity (Wildman–Crippen MR) is 131 cm³/mol. The number of hydrogen-bond donors (Lipinski definition) is 2. The number of aromatic nitrogens is 3. The summed E-state index contributed by atoms with van der Waals surface area (Å²) in [5.41, 5.74) is 2.94. The third-order valence-corrected chi connectivity index (χ3v) is 4.40. The van der Waals surface area contributed by atoms with E-state index >= 15 is 0 Å². The standard InChI is InChI=1S/C22H25F3N6O.HI/c1-2-26-21(28-13-17-8-10-27-20(12-17)32-16-22(23,24)25)29-14-18-6-3-4-7-19(18)15-31-11-5-9-30-31;/h3-12H,2,13-16H2,1H3,(H2,26,28,29);1H. The summed E-state index contributed by atoms with van der Waals surface area (Å²) in [6, 6.07) is 13.1. The molecule has 0 amide bonds. The minimum Gasteiger partial charge on any atom is -0.468 e. The molecule has 3 aromatic rings. The van der Waals surface area contributed by atoms with Crippen LogP contribution in [-0.4, -0.2) is 40.1 Å². The molecule has 0 spiro atoms. The second-order valence-electron chi connectivity index (χ2n) is 6.93. The Bertz CT molecular complexity index is 1010. The SMILES string of the molecule is CCNC(=NCc1ccnc(OCC(F)(F)F)c1)NCc1ccccc1Cn1cccn1.I. The molecule has 11 heteroatoms. The minimum atomic E-state index is -4.41. The Labute approximate surface area is 207 Å². The fourth-order valence-electron chi connectivity index (χ4n) is 2.93. The average molecular weight is 574 g/mol. The number of rotatable bonds is 9. The first-order chi connectivity index (χ1) is 15.4. The molecule has 0 aliphatic heterocycles. The maximum Gasteiger partial charge on any atom is 0.422 e. The third-order valence-electron chi connectivity index (χ3n) is 4.40. The summed E-state index contributed by atoms with van der Waals surface area (Å²) in [5.74, 6) is 0.511. The Balaban J connectivity index is 0.00000385. The van der Waals surface area contributed by atoms with Crippen LogP contribution in [0.2, 0.25) is 0 Å². The van der Waals surface area contributed by atoms with Crippen molar-refractivity contribution in [1.82, 2.24) is 25.4 Å². The van der Waals surface area contributed by atoms with Gasteiger partial charge in [-0.05, 0) is 35.7 Å². The molecule has 0 saturated heterocycles. The average Bonchev–Trinajstić information content (AvgIpc) is 3.28. The molecule has 33 heavy (non-hydrogen) atoms. The molecule has 7 nitrogen and oxygen atoms in total. The number of alkyl halides is 3. The van der Waals surface area contributed by atoms with Gasteiger partial charge in [-0.2, -0.15) is 18.3 Å². The summed E-state index contributed by atoms with van der Waals surface area (Å²) in [6.45, 7) is 2.72. The van der Waals surface area contributed by atoms with E-state index in [0.29, 0.717) is 31.2 Å². The largest absolute Gasteiger partial charge is 0.468 e. The van der Waals surface area contributed by atoms with Gasteiger partial charge in [0, 0.05) is 37.7 Å². The van der Waals surface area contributed by atoms with Crippen LogP contribution in [-0.2, 0) is 19.6 Å². The first kappa shape index (κ1) is 26.4. The van der Waals surface area contributed by atoms with Gasteiger partial charge in [0.2, 0.25) is 5.88 Å². The summed E-state index contributed by atoms with van der Waals surface area (Å²) < 4.78 is 43.6. The van der Waals surface area contributed by atoms with E-state index in [2.05, 4.69) is 31.8 Å². The zero-order valence-electron chi connectivity index (χ0n) is 18.0. The fraction of sp³-hybridized carbons (Fsp3) is 0.318. The molecule has 0 aliphatic carbocycles. The van der Waals surface area contributed by atoms with Crippen molar-refractivity contribution < 1.29 is 17.9 Å². The molecular formula is C22H26F3IN6O. The second kappa shape index (κ2) is 13.0. The van der Waals surface area contributed by atoms with E-state index in [4.69, 9.17) is 4.74 Å². The molecule has 0 atom stereocenters. The van der Waals surface area contributed by atoms with Gasteiger partial charge in [0.15, 0.2) is 12.6 Å². The van der Waals surface area contributed by atoms with E-state index in [1.807, 2.05) is 42.1 Å². The Morgan fingerprint density at radius 2 is 1.88 bits per heavy atom. The van der Waals surface area contributed by atoms with Gasteiger partial charge in [-0.15, -0.1) is 24.0 Å². The number of aliphatic imine (C=N–C) groups is 1. The van der Waals surface area contributed by atoms with E-state index in [9.17, 15) is 13.2 Å². The first-order valence-electron chi connectivity index (χ1n) is 10.1. The topological polar surface area (TPSA) is 76.4 Å². The molecule has 178 valence electrons. The summed E-state index contributed by atoms with van der Waals surface area (Å²) >= 11 is 0. The monoisotopic (exact) mass is 574 g/mol. The van der Waals surface area contributed by atoms with Gasteiger partial charge in [-0.1, -0.05) is 24.3 Å². The molecule has 0 radical (unpaired) electrons. The van der Waals surface area contributed by atoms with E-state index in [1.165, 1.54) is 12.3 Å². The number of nitrogens with zero attached hydrogens (tertiary/aromatic N) is 4. The highest BCUT2D eigenvalue weighted by atomic mass is 127. The van der Waals surface area contributed by atoms with Crippen LogP contribution < -0.4 is 15.4 Å². The predicted octanol–water partition coefficient (Wildman–Crippen LogP) is 4.14. The zero-order valence-corrected chi connectivity index (χ0v) is 20.4. The van der Waals surface area contributed by atoms with Gasteiger partial charge in [0.25, 0.3) is 0 Å². The van der Waals surface area contributed by atoms with Crippen LogP contribution in [0.4, 0.5) is 13.2 Å². The number of halogens is 4. The summed E-state index contributed by atoms with van der Waals surface area (Å²) in [5, 5.41) is 10.7. The highest BCUT2D eigenvalue weighted by Gasteiger charge is 2.28. The van der Waals surface area contributed by atoms with Crippen LogP contribution in [0.15, 0.2) is 66.0 Å². The second-order valence-corrected chi connectivity index (χ2v) is 6.93. The molecule has 0 unspecified atom stereocenters. The smallest absolute Gasteiger partial charge is 0.422 e. The first-order valence-corrected chi connectivity index (χ1v) is 10.1. The van der Waals surface area contributed by atoms with Gasteiger partial charge >= 0.3 is 6.18 Å². The van der Waals surface area contributed by atoms with Crippen LogP contribution >= 0.6 is 24.0 Å². The molecule has 2 aromatic heterocycles. The lowest BCUT2D eigenvalue weighted by Gasteiger charge is -2.14. The van der Waals surface area contributed by atoms with E-state index in [1.54, 1.807) is 12.3 Å². The molecule has 2 heterocycles. The molecule has 3 rings (SSSR count). The zero-order chi connectivity index (χ0) is 22.8. The Morgan fingerprint density at radius 3 is 2.58 bits per heavy atom. The van der Waals surface area contributed by atoms with E-state index < -0.39 is 12.8 Å². The summed E-state index contributed by atoms with van der Waals surface area (Å²) in [6.07, 6.45) is 0.654. The molecule has 0 saturated carbocycles. The van der Waals surface area contributed by atoms with Crippen molar-refractivity contribution in [2.75, 3.05) is 13.2 Å². The number of benzene rings is 1. The maximum atomic E-state index is 12.3. The lowest BCUT2D eigenvalue weighted by atomic mass is 10.1. The van der Waals surface area contributed by atoms with Crippen LogP contribution in [0.25, 0.3) is 0 Å². The summed E-state index contributed by atoms with van der Waals surface area (Å²) in [7, 11) is 0. The fourth-order valence-corrected chi connectivity index (χ4v) is 2.93. The number of nitrogens with one attached hydrogen (secondary N) is 2. The van der Waals surface area contributed by atoms with Crippen molar-refractivity contribution in [3.63, 3.8) is 0 Å². The molecule has 2 N–H and O–H groups in total. The molecule has 1 aromatic carbocycles. The van der Waals surface area contributed by atoms with Crippen LogP contribution in [0.1, 0.15) is 23.6 Å². The van der Waals surface area contributed by atoms with Crippen LogP contribution in [0, 0.1) is 0 Å². The van der Waals surface area contributed by atoms with Crippen LogP contribution in [0.3, 0.4) is 0 Å². The maximum absolute atomic E-state index is 12.3. The van der Waals surface area contributed by atoms with E-state index in [-0.39, 0.29) is 36.4 Å². The Hall–Kier alpha value is -2.83. The van der Waals surface area contributed by atoms with Gasteiger partial charge in [-0.25, -0.2) is 9.98 Å². The van der Waals surface area contributed by atoms with Gasteiger partial charge in [0.05, 0.1) is 13.1 Å². The summed E-state index contributed by atoms with van der Waals surface area (Å²) in [4.78, 5) is 8.34. The van der Waals surface area contributed by atoms with Crippen molar-refractivity contribution in [1.29, 1.82) is 0 Å². The van der Waals surface area contributed by atoms with Gasteiger partial charge in [0.1, 0.15) is 0 Å². The number of ether oxygens (including phenoxy) is 1. The van der Waals surface area contributed by atoms with Gasteiger partial charge in [-0.3, -0.25) is 4.68 Å². The lowest BCUT2D eigenvalue weighted by Crippen LogP contribution is -2.37. The van der Waals surface area contributed by atoms with Crippen molar-refractivity contribution >= 4 is 29.9 Å². The number of guanidine groups is 1. The van der Waals surface area contributed by atoms with E-state index in [0.717, 1.165) is 11.1 Å².